The first-order valence-corrected chi connectivity index (χ1v) is 6.88. The average Bonchev–Trinajstić information content (AvgIpc) is 2.61. The molecule has 0 spiro atoms. The fourth-order valence-corrected chi connectivity index (χ4v) is 2.27. The molecule has 0 bridgehead atoms. The molecule has 3 aromatic rings. The number of hydrogen-bond donors (Lipinski definition) is 2. The van der Waals surface area contributed by atoms with Crippen LogP contribution in [0.2, 0.25) is 0 Å². The lowest BCUT2D eigenvalue weighted by Crippen LogP contribution is -2.37. The lowest BCUT2D eigenvalue weighted by molar-refractivity contribution is 0.333. The van der Waals surface area contributed by atoms with Crippen molar-refractivity contribution in [3.8, 4) is 11.5 Å². The number of rotatable bonds is 3. The van der Waals surface area contributed by atoms with Gasteiger partial charge in [0.25, 0.3) is 0 Å². The number of phenols is 1. The van der Waals surface area contributed by atoms with Crippen molar-refractivity contribution >= 4 is 23.4 Å². The van der Waals surface area contributed by atoms with E-state index in [0.29, 0.717) is 10.8 Å². The first-order chi connectivity index (χ1) is 11.8. The summed E-state index contributed by atoms with van der Waals surface area (Å²) in [5.74, 6) is -12.6. The molecule has 2 N–H and O–H groups in total. The molecule has 0 aromatic heterocycles. The Labute approximate surface area is 138 Å². The normalized spacial score (nSPS) is 11.0. The van der Waals surface area contributed by atoms with Gasteiger partial charge in [-0.2, -0.15) is 8.78 Å². The van der Waals surface area contributed by atoms with Crippen molar-refractivity contribution in [1.82, 2.24) is 0 Å². The molecule has 0 aliphatic heterocycles. The number of hydrogen-bond acceptors (Lipinski definition) is 3. The summed E-state index contributed by atoms with van der Waals surface area (Å²) in [6.45, 7) is 0. The van der Waals surface area contributed by atoms with E-state index in [1.165, 1.54) is 36.4 Å². The van der Waals surface area contributed by atoms with E-state index in [4.69, 9.17) is 0 Å². The second kappa shape index (κ2) is 6.25. The lowest BCUT2D eigenvalue weighted by Gasteiger charge is -2.13. The number of halogens is 5. The number of fused-ring (bicyclic) bond motifs is 1. The van der Waals surface area contributed by atoms with Crippen molar-refractivity contribution in [3.05, 3.63) is 65.5 Å². The molecule has 25 heavy (non-hydrogen) atoms. The summed E-state index contributed by atoms with van der Waals surface area (Å²) in [7, 11) is -1.98. The molecule has 0 aliphatic rings. The Bertz CT molecular complexity index is 951. The zero-order valence-corrected chi connectivity index (χ0v) is 12.2. The van der Waals surface area contributed by atoms with Gasteiger partial charge in [-0.1, -0.05) is 24.3 Å². The van der Waals surface area contributed by atoms with E-state index in [-0.39, 0.29) is 11.2 Å². The maximum absolute atomic E-state index is 13.6. The van der Waals surface area contributed by atoms with Gasteiger partial charge in [0.2, 0.25) is 29.1 Å². The van der Waals surface area contributed by atoms with E-state index in [0.717, 1.165) is 0 Å². The summed E-state index contributed by atoms with van der Waals surface area (Å²) in [5.41, 5.74) is 0.0159. The second-order valence-corrected chi connectivity index (χ2v) is 5.16. The molecule has 0 heterocycles. The van der Waals surface area contributed by atoms with Crippen LogP contribution in [0.5, 0.6) is 11.5 Å². The maximum atomic E-state index is 13.6. The Balaban J connectivity index is 1.98. The van der Waals surface area contributed by atoms with Crippen LogP contribution in [0, 0.1) is 29.1 Å². The van der Waals surface area contributed by atoms with E-state index < -0.39 is 42.0 Å². The van der Waals surface area contributed by atoms with Crippen LogP contribution >= 0.6 is 0 Å². The first kappa shape index (κ1) is 17.0. The van der Waals surface area contributed by atoms with Gasteiger partial charge >= 0.3 is 7.12 Å². The first-order valence-electron chi connectivity index (χ1n) is 6.88. The molecule has 0 saturated heterocycles. The van der Waals surface area contributed by atoms with Crippen molar-refractivity contribution < 1.29 is 36.7 Å². The SMILES string of the molecule is OB(Oc1c(F)c(F)c(F)c(F)c1F)c1ccc2cc(O)ccc2c1. The average molecular weight is 354 g/mol. The Kier molecular flexibility index (Phi) is 4.26. The minimum absolute atomic E-state index is 0.0125. The highest BCUT2D eigenvalue weighted by Gasteiger charge is 2.30. The Morgan fingerprint density at radius 3 is 1.88 bits per heavy atom. The van der Waals surface area contributed by atoms with E-state index >= 15 is 0 Å². The smallest absolute Gasteiger partial charge is 0.528 e. The topological polar surface area (TPSA) is 49.7 Å². The van der Waals surface area contributed by atoms with Gasteiger partial charge in [-0.15, -0.1) is 0 Å². The molecule has 0 aliphatic carbocycles. The summed E-state index contributed by atoms with van der Waals surface area (Å²) in [5, 5.41) is 20.5. The van der Waals surface area contributed by atoms with E-state index in [1.54, 1.807) is 0 Å². The Morgan fingerprint density at radius 1 is 0.720 bits per heavy atom. The van der Waals surface area contributed by atoms with Gasteiger partial charge < -0.3 is 14.8 Å². The molecule has 3 nitrogen and oxygen atoms in total. The molecule has 128 valence electrons. The molecular weight excluding hydrogens is 346 g/mol. The molecular formula is C16H8BF5O3. The Morgan fingerprint density at radius 2 is 1.24 bits per heavy atom. The van der Waals surface area contributed by atoms with E-state index in [1.807, 2.05) is 0 Å². The molecule has 3 rings (SSSR count). The van der Waals surface area contributed by atoms with E-state index in [9.17, 15) is 32.1 Å². The van der Waals surface area contributed by atoms with Crippen LogP contribution in [-0.4, -0.2) is 17.2 Å². The van der Waals surface area contributed by atoms with Gasteiger partial charge in [0, 0.05) is 0 Å². The van der Waals surface area contributed by atoms with Gasteiger partial charge in [-0.3, -0.25) is 0 Å². The molecule has 0 unspecified atom stereocenters. The number of benzene rings is 3. The van der Waals surface area contributed by atoms with Gasteiger partial charge in [0.05, 0.1) is 0 Å². The standard InChI is InChI=1S/C16H8BF5O3/c18-11-12(19)14(21)16(15(22)13(11)20)25-17(24)9-3-1-8-6-10(23)4-2-7(8)5-9/h1-6,23-24H. The molecule has 0 atom stereocenters. The van der Waals surface area contributed by atoms with Crippen LogP contribution in [0.3, 0.4) is 0 Å². The fraction of sp³-hybridized carbons (Fsp3) is 0. The van der Waals surface area contributed by atoms with Crippen molar-refractivity contribution in [1.29, 1.82) is 0 Å². The quantitative estimate of drug-likeness (QED) is 0.329. The van der Waals surface area contributed by atoms with Crippen molar-refractivity contribution in [2.75, 3.05) is 0 Å². The summed E-state index contributed by atoms with van der Waals surface area (Å²) in [4.78, 5) is 0. The third-order valence-electron chi connectivity index (χ3n) is 3.53. The molecule has 9 heteroatoms. The van der Waals surface area contributed by atoms with Gasteiger partial charge in [0.15, 0.2) is 5.75 Å². The second-order valence-electron chi connectivity index (χ2n) is 5.16. The third-order valence-corrected chi connectivity index (χ3v) is 3.53. The Hall–Kier alpha value is -2.81. The zero-order chi connectivity index (χ0) is 18.3. The third kappa shape index (κ3) is 2.98. The highest BCUT2D eigenvalue weighted by molar-refractivity contribution is 6.61. The predicted molar refractivity (Wildman–Crippen MR) is 80.1 cm³/mol. The van der Waals surface area contributed by atoms with Gasteiger partial charge in [0.1, 0.15) is 5.75 Å². The zero-order valence-electron chi connectivity index (χ0n) is 12.2. The van der Waals surface area contributed by atoms with E-state index in [2.05, 4.69) is 4.65 Å². The van der Waals surface area contributed by atoms with Gasteiger partial charge in [-0.05, 0) is 28.4 Å². The van der Waals surface area contributed by atoms with Crippen molar-refractivity contribution in [2.24, 2.45) is 0 Å². The summed E-state index contributed by atoms with van der Waals surface area (Å²) in [6, 6.07) is 8.51. The minimum Gasteiger partial charge on any atom is -0.528 e. The van der Waals surface area contributed by atoms with Crippen molar-refractivity contribution in [2.45, 2.75) is 0 Å². The van der Waals surface area contributed by atoms with Crippen LogP contribution in [0.1, 0.15) is 0 Å². The molecule has 3 aromatic carbocycles. The highest BCUT2D eigenvalue weighted by atomic mass is 19.2. The largest absolute Gasteiger partial charge is 0.560 e. The summed E-state index contributed by atoms with van der Waals surface area (Å²) in [6.07, 6.45) is 0. The minimum atomic E-state index is -2.32. The molecule has 0 saturated carbocycles. The summed E-state index contributed by atoms with van der Waals surface area (Å²) >= 11 is 0. The molecule has 0 radical (unpaired) electrons. The highest BCUT2D eigenvalue weighted by Crippen LogP contribution is 2.29. The van der Waals surface area contributed by atoms with Crippen LogP contribution in [0.25, 0.3) is 10.8 Å². The predicted octanol–water partition coefficient (Wildman–Crippen LogP) is 3.01. The number of phenolic OH excluding ortho intramolecular Hbond substituents is 1. The summed E-state index contributed by atoms with van der Waals surface area (Å²) < 4.78 is 71.1. The van der Waals surface area contributed by atoms with Crippen LogP contribution in [0.4, 0.5) is 22.0 Å². The maximum Gasteiger partial charge on any atom is 0.560 e. The van der Waals surface area contributed by atoms with Gasteiger partial charge in [-0.25, -0.2) is 13.2 Å². The molecule has 0 amide bonds. The fourth-order valence-electron chi connectivity index (χ4n) is 2.27. The van der Waals surface area contributed by atoms with Crippen molar-refractivity contribution in [3.63, 3.8) is 0 Å². The number of aromatic hydroxyl groups is 1. The molecule has 0 fully saturated rings. The monoisotopic (exact) mass is 354 g/mol. The van der Waals surface area contributed by atoms with Crippen LogP contribution in [0.15, 0.2) is 36.4 Å². The van der Waals surface area contributed by atoms with Crippen LogP contribution in [-0.2, 0) is 0 Å². The van der Waals surface area contributed by atoms with Crippen LogP contribution < -0.4 is 10.1 Å². The lowest BCUT2D eigenvalue weighted by atomic mass is 9.78.